The minimum absolute atomic E-state index is 0.0320. The Morgan fingerprint density at radius 2 is 1.54 bits per heavy atom. The second-order valence-electron chi connectivity index (χ2n) is 7.11. The molecule has 0 radical (unpaired) electrons. The van der Waals surface area contributed by atoms with Crippen molar-refractivity contribution < 1.29 is 4.84 Å². The van der Waals surface area contributed by atoms with Crippen LogP contribution in [0.15, 0.2) is 0 Å². The largest absolute Gasteiger partial charge is 0.354 e. The number of rotatable bonds is 10. The topological polar surface area (TPSA) is 75.2 Å². The summed E-state index contributed by atoms with van der Waals surface area (Å²) >= 11 is 0. The highest BCUT2D eigenvalue weighted by molar-refractivity contribution is 5.43. The average Bonchev–Trinajstić information content (AvgIpc) is 2.49. The maximum absolute atomic E-state index is 5.97. The number of nitrogens with one attached hydrogen (secondary N) is 2. The summed E-state index contributed by atoms with van der Waals surface area (Å²) in [7, 11) is 0. The van der Waals surface area contributed by atoms with E-state index >= 15 is 0 Å². The van der Waals surface area contributed by atoms with Gasteiger partial charge >= 0.3 is 0 Å². The van der Waals surface area contributed by atoms with Crippen molar-refractivity contribution in [1.82, 2.24) is 15.0 Å². The summed E-state index contributed by atoms with van der Waals surface area (Å²) in [6.07, 6.45) is 3.23. The number of nitrogens with zero attached hydrogens (tertiary/aromatic N) is 4. The van der Waals surface area contributed by atoms with Gasteiger partial charge in [-0.1, -0.05) is 20.3 Å². The first kappa shape index (κ1) is 20.4. The van der Waals surface area contributed by atoms with E-state index < -0.39 is 0 Å². The lowest BCUT2D eigenvalue weighted by Crippen LogP contribution is -2.44. The van der Waals surface area contributed by atoms with Gasteiger partial charge in [0, 0.05) is 13.1 Å². The molecule has 0 bridgehead atoms. The van der Waals surface area contributed by atoms with Crippen LogP contribution in [0.25, 0.3) is 0 Å². The second kappa shape index (κ2) is 9.61. The summed E-state index contributed by atoms with van der Waals surface area (Å²) in [6.45, 7) is 16.1. The Morgan fingerprint density at radius 3 is 2.00 bits per heavy atom. The number of hydroxylamine groups is 1. The van der Waals surface area contributed by atoms with Crippen molar-refractivity contribution in [2.75, 3.05) is 28.8 Å². The Labute approximate surface area is 146 Å². The SMILES string of the molecule is CCCCNc1nc(NCCC)nc(N(OC(C)C)C(C)(C)C)n1. The molecular weight excluding hydrogens is 304 g/mol. The van der Waals surface area contributed by atoms with Crippen molar-refractivity contribution in [3.63, 3.8) is 0 Å². The summed E-state index contributed by atoms with van der Waals surface area (Å²) < 4.78 is 0. The normalized spacial score (nSPS) is 11.7. The molecule has 24 heavy (non-hydrogen) atoms. The van der Waals surface area contributed by atoms with Gasteiger partial charge < -0.3 is 10.6 Å². The molecule has 7 heteroatoms. The molecule has 7 nitrogen and oxygen atoms in total. The predicted octanol–water partition coefficient (Wildman–Crippen LogP) is 3.85. The zero-order chi connectivity index (χ0) is 18.2. The molecule has 1 aromatic rings. The third kappa shape index (κ3) is 6.86. The fraction of sp³-hybridized carbons (Fsp3) is 0.824. The Hall–Kier alpha value is -1.63. The van der Waals surface area contributed by atoms with E-state index in [0.717, 1.165) is 32.4 Å². The zero-order valence-electron chi connectivity index (χ0n) is 16.3. The Morgan fingerprint density at radius 1 is 0.958 bits per heavy atom. The molecule has 0 aliphatic rings. The molecule has 1 heterocycles. The Bertz CT molecular complexity index is 486. The van der Waals surface area contributed by atoms with Gasteiger partial charge in [-0.05, 0) is 47.5 Å². The van der Waals surface area contributed by atoms with Crippen LogP contribution in [-0.4, -0.2) is 39.7 Å². The van der Waals surface area contributed by atoms with E-state index in [0.29, 0.717) is 17.8 Å². The van der Waals surface area contributed by atoms with E-state index in [4.69, 9.17) is 4.84 Å². The molecule has 0 aliphatic carbocycles. The van der Waals surface area contributed by atoms with E-state index in [1.54, 1.807) is 5.06 Å². The molecule has 0 aliphatic heterocycles. The van der Waals surface area contributed by atoms with Gasteiger partial charge in [-0.25, -0.2) is 5.06 Å². The highest BCUT2D eigenvalue weighted by Gasteiger charge is 2.27. The highest BCUT2D eigenvalue weighted by Crippen LogP contribution is 2.23. The second-order valence-corrected chi connectivity index (χ2v) is 7.11. The van der Waals surface area contributed by atoms with Gasteiger partial charge in [-0.15, -0.1) is 0 Å². The molecule has 0 atom stereocenters. The molecule has 0 aromatic carbocycles. The fourth-order valence-corrected chi connectivity index (χ4v) is 1.94. The molecule has 1 aromatic heterocycles. The molecule has 0 unspecified atom stereocenters. The maximum atomic E-state index is 5.97. The Kier molecular flexibility index (Phi) is 8.18. The van der Waals surface area contributed by atoms with Gasteiger partial charge in [0.25, 0.3) is 5.95 Å². The lowest BCUT2D eigenvalue weighted by atomic mass is 10.1. The number of unbranched alkanes of at least 4 members (excludes halogenated alkanes) is 1. The third-order valence-electron chi connectivity index (χ3n) is 3.08. The summed E-state index contributed by atoms with van der Waals surface area (Å²) in [4.78, 5) is 19.5. The number of hydrogen-bond donors (Lipinski definition) is 2. The average molecular weight is 339 g/mol. The van der Waals surface area contributed by atoms with Gasteiger partial charge in [-0.2, -0.15) is 15.0 Å². The summed E-state index contributed by atoms with van der Waals surface area (Å²) in [5.74, 6) is 1.67. The van der Waals surface area contributed by atoms with Gasteiger partial charge in [0.2, 0.25) is 11.9 Å². The van der Waals surface area contributed by atoms with Crippen molar-refractivity contribution in [2.45, 2.75) is 79.4 Å². The van der Waals surface area contributed by atoms with Crippen molar-refractivity contribution in [3.05, 3.63) is 0 Å². The smallest absolute Gasteiger partial charge is 0.256 e. The predicted molar refractivity (Wildman–Crippen MR) is 100 cm³/mol. The standard InChI is InChI=1S/C17H34N6O/c1-8-10-12-19-15-20-14(18-11-9-2)21-16(22-15)23(17(5,6)7)24-13(3)4/h13H,8-12H2,1-7H3,(H2,18,19,20,21,22). The van der Waals surface area contributed by atoms with Crippen molar-refractivity contribution >= 4 is 17.8 Å². The van der Waals surface area contributed by atoms with E-state index in [2.05, 4.69) is 60.2 Å². The lowest BCUT2D eigenvalue weighted by molar-refractivity contribution is 0.0187. The van der Waals surface area contributed by atoms with Gasteiger partial charge in [0.05, 0.1) is 11.6 Å². The van der Waals surface area contributed by atoms with Crippen LogP contribution < -0.4 is 15.7 Å². The molecule has 0 saturated carbocycles. The molecule has 2 N–H and O–H groups in total. The van der Waals surface area contributed by atoms with Crippen LogP contribution in [0.5, 0.6) is 0 Å². The van der Waals surface area contributed by atoms with Crippen LogP contribution >= 0.6 is 0 Å². The minimum atomic E-state index is -0.270. The van der Waals surface area contributed by atoms with Crippen LogP contribution in [0.1, 0.15) is 67.7 Å². The Balaban J connectivity index is 3.13. The summed E-state index contributed by atoms with van der Waals surface area (Å²) in [5.41, 5.74) is -0.270. The number of hydrogen-bond acceptors (Lipinski definition) is 7. The third-order valence-corrected chi connectivity index (χ3v) is 3.08. The highest BCUT2D eigenvalue weighted by atomic mass is 16.7. The molecular formula is C17H34N6O. The van der Waals surface area contributed by atoms with Crippen molar-refractivity contribution in [1.29, 1.82) is 0 Å². The van der Waals surface area contributed by atoms with Gasteiger partial charge in [-0.3, -0.25) is 4.84 Å². The summed E-state index contributed by atoms with van der Waals surface area (Å²) in [5, 5.41) is 8.28. The van der Waals surface area contributed by atoms with Crippen LogP contribution in [0.4, 0.5) is 17.8 Å². The quantitative estimate of drug-likeness (QED) is 0.496. The number of aromatic nitrogens is 3. The monoisotopic (exact) mass is 338 g/mol. The molecule has 0 amide bonds. The molecule has 138 valence electrons. The molecule has 0 fully saturated rings. The zero-order valence-corrected chi connectivity index (χ0v) is 16.3. The van der Waals surface area contributed by atoms with Crippen LogP contribution in [-0.2, 0) is 4.84 Å². The first-order chi connectivity index (χ1) is 11.3. The van der Waals surface area contributed by atoms with Crippen LogP contribution in [0, 0.1) is 0 Å². The first-order valence-corrected chi connectivity index (χ1v) is 8.98. The van der Waals surface area contributed by atoms with E-state index in [-0.39, 0.29) is 11.6 Å². The molecule has 0 saturated heterocycles. The maximum Gasteiger partial charge on any atom is 0.256 e. The fourth-order valence-electron chi connectivity index (χ4n) is 1.94. The molecule has 1 rings (SSSR count). The summed E-state index contributed by atoms with van der Waals surface area (Å²) in [6, 6.07) is 0. The minimum Gasteiger partial charge on any atom is -0.354 e. The van der Waals surface area contributed by atoms with Crippen LogP contribution in [0.2, 0.25) is 0 Å². The van der Waals surface area contributed by atoms with E-state index in [9.17, 15) is 0 Å². The van der Waals surface area contributed by atoms with Crippen LogP contribution in [0.3, 0.4) is 0 Å². The van der Waals surface area contributed by atoms with E-state index in [1.165, 1.54) is 0 Å². The molecule has 0 spiro atoms. The first-order valence-electron chi connectivity index (χ1n) is 8.98. The lowest BCUT2D eigenvalue weighted by Gasteiger charge is -2.35. The van der Waals surface area contributed by atoms with Gasteiger partial charge in [0.1, 0.15) is 0 Å². The van der Waals surface area contributed by atoms with E-state index in [1.807, 2.05) is 13.8 Å². The van der Waals surface area contributed by atoms with Gasteiger partial charge in [0.15, 0.2) is 0 Å². The number of anilines is 3. The van der Waals surface area contributed by atoms with Crippen molar-refractivity contribution in [3.8, 4) is 0 Å². The van der Waals surface area contributed by atoms with Crippen molar-refractivity contribution in [2.24, 2.45) is 0 Å².